The molecule has 0 aromatic heterocycles. The maximum absolute atomic E-state index is 11.8. The first-order valence-corrected chi connectivity index (χ1v) is 7.36. The number of amides is 1. The molecule has 22 heavy (non-hydrogen) atoms. The number of rotatable bonds is 7. The molecule has 0 atom stereocenters. The summed E-state index contributed by atoms with van der Waals surface area (Å²) in [6.07, 6.45) is 0.300. The Bertz CT molecular complexity index is 568. The minimum absolute atomic E-state index is 0.155. The molecule has 0 fully saturated rings. The summed E-state index contributed by atoms with van der Waals surface area (Å²) in [6.45, 7) is 2.92. The molecule has 0 bridgehead atoms. The van der Waals surface area contributed by atoms with Crippen LogP contribution in [0.3, 0.4) is 0 Å². The van der Waals surface area contributed by atoms with Crippen LogP contribution in [0.5, 0.6) is 0 Å². The van der Waals surface area contributed by atoms with E-state index in [0.29, 0.717) is 19.6 Å². The quantitative estimate of drug-likeness (QED) is 0.485. The average molecular weight is 296 g/mol. The zero-order valence-corrected chi connectivity index (χ0v) is 12.7. The van der Waals surface area contributed by atoms with E-state index in [9.17, 15) is 4.79 Å². The molecule has 2 aromatic carbocycles. The highest BCUT2D eigenvalue weighted by Crippen LogP contribution is 2.10. The van der Waals surface area contributed by atoms with Crippen LogP contribution in [0.2, 0.25) is 0 Å². The number of nitrogens with one attached hydrogen (secondary N) is 1. The van der Waals surface area contributed by atoms with E-state index in [4.69, 9.17) is 4.74 Å². The van der Waals surface area contributed by atoms with Crippen LogP contribution in [-0.2, 0) is 9.53 Å². The molecule has 4 nitrogen and oxygen atoms in total. The van der Waals surface area contributed by atoms with Crippen LogP contribution >= 0.6 is 0 Å². The third-order valence-corrected chi connectivity index (χ3v) is 3.06. The highest BCUT2D eigenvalue weighted by atomic mass is 16.5. The molecule has 0 aliphatic rings. The van der Waals surface area contributed by atoms with Gasteiger partial charge in [-0.1, -0.05) is 60.7 Å². The van der Waals surface area contributed by atoms with Gasteiger partial charge in [0.2, 0.25) is 5.91 Å². The molecule has 0 radical (unpaired) electrons. The Hall–Kier alpha value is -2.46. The van der Waals surface area contributed by atoms with Crippen molar-refractivity contribution < 1.29 is 9.53 Å². The predicted molar refractivity (Wildman–Crippen MR) is 87.8 cm³/mol. The molecule has 0 heterocycles. The standard InChI is InChI=1S/C18H20N2O2/c1-2-22-14-13-17(21)19-20-18(15-9-5-3-6-10-15)16-11-7-4-8-12-16/h3-12H,2,13-14H2,1H3,(H,19,21). The van der Waals surface area contributed by atoms with E-state index in [1.807, 2.05) is 67.6 Å². The topological polar surface area (TPSA) is 50.7 Å². The summed E-state index contributed by atoms with van der Waals surface area (Å²) in [5, 5.41) is 4.30. The Morgan fingerprint density at radius 3 is 2.05 bits per heavy atom. The lowest BCUT2D eigenvalue weighted by molar-refractivity contribution is -0.122. The monoisotopic (exact) mass is 296 g/mol. The molecule has 114 valence electrons. The van der Waals surface area contributed by atoms with Crippen LogP contribution in [0.25, 0.3) is 0 Å². The zero-order valence-electron chi connectivity index (χ0n) is 12.7. The third kappa shape index (κ3) is 4.82. The van der Waals surface area contributed by atoms with Gasteiger partial charge in [0, 0.05) is 17.7 Å². The van der Waals surface area contributed by atoms with Crippen molar-refractivity contribution in [2.75, 3.05) is 13.2 Å². The summed E-state index contributed by atoms with van der Waals surface area (Å²) in [7, 11) is 0. The van der Waals surface area contributed by atoms with Crippen molar-refractivity contribution in [3.8, 4) is 0 Å². The van der Waals surface area contributed by atoms with Crippen molar-refractivity contribution in [1.82, 2.24) is 5.43 Å². The van der Waals surface area contributed by atoms with E-state index < -0.39 is 0 Å². The van der Waals surface area contributed by atoms with Crippen molar-refractivity contribution >= 4 is 11.6 Å². The smallest absolute Gasteiger partial charge is 0.242 e. The summed E-state index contributed by atoms with van der Waals surface area (Å²) in [5.74, 6) is -0.155. The van der Waals surface area contributed by atoms with E-state index in [-0.39, 0.29) is 5.91 Å². The van der Waals surface area contributed by atoms with E-state index in [1.54, 1.807) is 0 Å². The largest absolute Gasteiger partial charge is 0.381 e. The second kappa shape index (κ2) is 8.74. The normalized spacial score (nSPS) is 10.0. The summed E-state index contributed by atoms with van der Waals surface area (Å²) < 4.78 is 5.17. The molecule has 1 N–H and O–H groups in total. The lowest BCUT2D eigenvalue weighted by atomic mass is 10.0. The van der Waals surface area contributed by atoms with Gasteiger partial charge >= 0.3 is 0 Å². The highest BCUT2D eigenvalue weighted by molar-refractivity contribution is 6.13. The SMILES string of the molecule is CCOCCC(=O)NN=C(c1ccccc1)c1ccccc1. The molecule has 1 amide bonds. The first kappa shape index (κ1) is 15.9. The maximum atomic E-state index is 11.8. The van der Waals surface area contributed by atoms with E-state index >= 15 is 0 Å². The fraction of sp³-hybridized carbons (Fsp3) is 0.222. The number of hydrogen-bond acceptors (Lipinski definition) is 3. The Kier molecular flexibility index (Phi) is 6.33. The zero-order chi connectivity index (χ0) is 15.6. The fourth-order valence-corrected chi connectivity index (χ4v) is 1.97. The van der Waals surface area contributed by atoms with Gasteiger partial charge in [-0.15, -0.1) is 0 Å². The molecule has 0 aliphatic heterocycles. The Balaban J connectivity index is 2.15. The molecule has 2 aromatic rings. The lowest BCUT2D eigenvalue weighted by Crippen LogP contribution is -2.21. The number of nitrogens with zero attached hydrogens (tertiary/aromatic N) is 1. The van der Waals surface area contributed by atoms with Crippen LogP contribution < -0.4 is 5.43 Å². The molecule has 0 saturated carbocycles. The first-order chi connectivity index (χ1) is 10.8. The summed E-state index contributed by atoms with van der Waals surface area (Å²) >= 11 is 0. The molecule has 2 rings (SSSR count). The van der Waals surface area contributed by atoms with Crippen molar-refractivity contribution in [1.29, 1.82) is 0 Å². The van der Waals surface area contributed by atoms with Gasteiger partial charge in [-0.2, -0.15) is 5.10 Å². The molecule has 4 heteroatoms. The van der Waals surface area contributed by atoms with Crippen molar-refractivity contribution in [2.45, 2.75) is 13.3 Å². The van der Waals surface area contributed by atoms with Crippen LogP contribution in [0, 0.1) is 0 Å². The van der Waals surface area contributed by atoms with Gasteiger partial charge in [0.25, 0.3) is 0 Å². The van der Waals surface area contributed by atoms with Crippen LogP contribution in [0.15, 0.2) is 65.8 Å². The van der Waals surface area contributed by atoms with Crippen molar-refractivity contribution in [2.24, 2.45) is 5.10 Å². The number of carbonyl (C=O) groups is 1. The molecular weight excluding hydrogens is 276 g/mol. The van der Waals surface area contributed by atoms with Gasteiger partial charge in [-0.25, -0.2) is 5.43 Å². The minimum Gasteiger partial charge on any atom is -0.381 e. The van der Waals surface area contributed by atoms with Crippen LogP contribution in [0.1, 0.15) is 24.5 Å². The van der Waals surface area contributed by atoms with Crippen LogP contribution in [-0.4, -0.2) is 24.8 Å². The Morgan fingerprint density at radius 1 is 1.00 bits per heavy atom. The lowest BCUT2D eigenvalue weighted by Gasteiger charge is -2.08. The molecule has 0 aliphatic carbocycles. The molecule has 0 unspecified atom stereocenters. The van der Waals surface area contributed by atoms with E-state index in [2.05, 4.69) is 10.5 Å². The molecule has 0 saturated heterocycles. The minimum atomic E-state index is -0.155. The number of benzene rings is 2. The predicted octanol–water partition coefficient (Wildman–Crippen LogP) is 2.98. The number of hydrazone groups is 1. The Labute approximate surface area is 130 Å². The maximum Gasteiger partial charge on any atom is 0.242 e. The second-order valence-corrected chi connectivity index (χ2v) is 4.67. The van der Waals surface area contributed by atoms with Gasteiger partial charge in [0.1, 0.15) is 0 Å². The third-order valence-electron chi connectivity index (χ3n) is 3.06. The van der Waals surface area contributed by atoms with Gasteiger partial charge in [-0.05, 0) is 6.92 Å². The van der Waals surface area contributed by atoms with Crippen LogP contribution in [0.4, 0.5) is 0 Å². The molecular formula is C18H20N2O2. The number of ether oxygens (including phenoxy) is 1. The summed E-state index contributed by atoms with van der Waals surface area (Å²) in [5.41, 5.74) is 5.26. The highest BCUT2D eigenvalue weighted by Gasteiger charge is 2.07. The van der Waals surface area contributed by atoms with Gasteiger partial charge in [0.15, 0.2) is 0 Å². The summed E-state index contributed by atoms with van der Waals surface area (Å²) in [6, 6.07) is 19.6. The van der Waals surface area contributed by atoms with E-state index in [0.717, 1.165) is 16.8 Å². The van der Waals surface area contributed by atoms with E-state index in [1.165, 1.54) is 0 Å². The van der Waals surface area contributed by atoms with Gasteiger partial charge in [0.05, 0.1) is 18.7 Å². The van der Waals surface area contributed by atoms with Gasteiger partial charge in [-0.3, -0.25) is 4.79 Å². The Morgan fingerprint density at radius 2 is 1.55 bits per heavy atom. The fourth-order valence-electron chi connectivity index (χ4n) is 1.97. The second-order valence-electron chi connectivity index (χ2n) is 4.67. The summed E-state index contributed by atoms with van der Waals surface area (Å²) in [4.78, 5) is 11.8. The number of hydrogen-bond donors (Lipinski definition) is 1. The van der Waals surface area contributed by atoms with Crippen molar-refractivity contribution in [3.05, 3.63) is 71.8 Å². The average Bonchev–Trinajstić information content (AvgIpc) is 2.57. The van der Waals surface area contributed by atoms with Crippen molar-refractivity contribution in [3.63, 3.8) is 0 Å². The first-order valence-electron chi connectivity index (χ1n) is 7.36. The number of carbonyl (C=O) groups excluding carboxylic acids is 1. The van der Waals surface area contributed by atoms with Gasteiger partial charge < -0.3 is 4.74 Å². The molecule has 0 spiro atoms.